The molecule has 0 aromatic carbocycles. The number of rotatable bonds is 3. The maximum Gasteiger partial charge on any atom is 0.150 e. The fourth-order valence-corrected chi connectivity index (χ4v) is 2.55. The highest BCUT2D eigenvalue weighted by Gasteiger charge is 2.34. The van der Waals surface area contributed by atoms with E-state index in [-0.39, 0.29) is 11.7 Å². The molecular formula is C14H23N3O2. The number of anilines is 1. The SMILES string of the molecule is COCC1CN(c2nc(C)cnc2C)CC(C)(C)O1. The molecule has 0 aliphatic carbocycles. The van der Waals surface area contributed by atoms with Gasteiger partial charge in [-0.15, -0.1) is 0 Å². The summed E-state index contributed by atoms with van der Waals surface area (Å²) in [6.07, 6.45) is 1.87. The van der Waals surface area contributed by atoms with Crippen LogP contribution in [0.15, 0.2) is 6.20 Å². The normalized spacial score (nSPS) is 22.6. The molecule has 1 fully saturated rings. The molecule has 106 valence electrons. The van der Waals surface area contributed by atoms with Gasteiger partial charge >= 0.3 is 0 Å². The fourth-order valence-electron chi connectivity index (χ4n) is 2.55. The Labute approximate surface area is 115 Å². The summed E-state index contributed by atoms with van der Waals surface area (Å²) in [4.78, 5) is 11.3. The van der Waals surface area contributed by atoms with Crippen molar-refractivity contribution >= 4 is 5.82 Å². The van der Waals surface area contributed by atoms with E-state index < -0.39 is 0 Å². The molecular weight excluding hydrogens is 242 g/mol. The number of morpholine rings is 1. The van der Waals surface area contributed by atoms with Crippen LogP contribution in [0.5, 0.6) is 0 Å². The lowest BCUT2D eigenvalue weighted by atomic mass is 10.1. The second-order valence-electron chi connectivity index (χ2n) is 5.76. The molecule has 1 atom stereocenters. The fraction of sp³-hybridized carbons (Fsp3) is 0.714. The summed E-state index contributed by atoms with van der Waals surface area (Å²) < 4.78 is 11.2. The van der Waals surface area contributed by atoms with Crippen LogP contribution in [0.4, 0.5) is 5.82 Å². The molecule has 0 radical (unpaired) electrons. The van der Waals surface area contributed by atoms with Gasteiger partial charge in [0.15, 0.2) is 5.82 Å². The van der Waals surface area contributed by atoms with E-state index in [1.54, 1.807) is 13.3 Å². The zero-order valence-corrected chi connectivity index (χ0v) is 12.4. The first-order valence-corrected chi connectivity index (χ1v) is 6.63. The molecule has 0 bridgehead atoms. The molecule has 5 heteroatoms. The number of aromatic nitrogens is 2. The van der Waals surface area contributed by atoms with Crippen molar-refractivity contribution < 1.29 is 9.47 Å². The molecule has 0 N–H and O–H groups in total. The van der Waals surface area contributed by atoms with E-state index in [1.165, 1.54) is 0 Å². The zero-order chi connectivity index (χ0) is 14.0. The minimum Gasteiger partial charge on any atom is -0.382 e. The number of ether oxygens (including phenoxy) is 2. The topological polar surface area (TPSA) is 47.5 Å². The van der Waals surface area contributed by atoms with Gasteiger partial charge in [-0.1, -0.05) is 0 Å². The van der Waals surface area contributed by atoms with Gasteiger partial charge in [0.05, 0.1) is 29.7 Å². The lowest BCUT2D eigenvalue weighted by Gasteiger charge is -2.43. The third-order valence-electron chi connectivity index (χ3n) is 3.18. The molecule has 1 unspecified atom stereocenters. The van der Waals surface area contributed by atoms with Crippen molar-refractivity contribution in [3.05, 3.63) is 17.6 Å². The van der Waals surface area contributed by atoms with E-state index in [2.05, 4.69) is 28.7 Å². The molecule has 19 heavy (non-hydrogen) atoms. The monoisotopic (exact) mass is 265 g/mol. The maximum absolute atomic E-state index is 6.02. The van der Waals surface area contributed by atoms with Crippen LogP contribution in [-0.4, -0.2) is 48.5 Å². The van der Waals surface area contributed by atoms with Gasteiger partial charge in [0.2, 0.25) is 0 Å². The zero-order valence-electron chi connectivity index (χ0n) is 12.4. The van der Waals surface area contributed by atoms with E-state index in [0.29, 0.717) is 6.61 Å². The van der Waals surface area contributed by atoms with Crippen LogP contribution in [0.25, 0.3) is 0 Å². The van der Waals surface area contributed by atoms with Crippen molar-refractivity contribution in [2.45, 2.75) is 39.4 Å². The van der Waals surface area contributed by atoms with E-state index in [4.69, 9.17) is 9.47 Å². The molecule has 1 aromatic heterocycles. The first kappa shape index (κ1) is 14.2. The summed E-state index contributed by atoms with van der Waals surface area (Å²) in [5.74, 6) is 0.956. The minimum atomic E-state index is -0.209. The Balaban J connectivity index is 2.25. The molecule has 5 nitrogen and oxygen atoms in total. The second-order valence-corrected chi connectivity index (χ2v) is 5.76. The average molecular weight is 265 g/mol. The molecule has 1 aliphatic heterocycles. The summed E-state index contributed by atoms with van der Waals surface area (Å²) in [7, 11) is 1.70. The Hall–Kier alpha value is -1.20. The average Bonchev–Trinajstić information content (AvgIpc) is 2.30. The van der Waals surface area contributed by atoms with Crippen molar-refractivity contribution in [1.82, 2.24) is 9.97 Å². The Kier molecular flexibility index (Phi) is 4.06. The molecule has 0 spiro atoms. The summed E-state index contributed by atoms with van der Waals surface area (Å²) in [5, 5.41) is 0. The third kappa shape index (κ3) is 3.42. The standard InChI is InChI=1S/C14H23N3O2/c1-10-6-15-11(2)13(16-10)17-7-12(8-18-5)19-14(3,4)9-17/h6,12H,7-9H2,1-5H3. The van der Waals surface area contributed by atoms with Crippen LogP contribution < -0.4 is 4.90 Å². The van der Waals surface area contributed by atoms with Crippen molar-refractivity contribution in [1.29, 1.82) is 0 Å². The van der Waals surface area contributed by atoms with Crippen LogP contribution >= 0.6 is 0 Å². The van der Waals surface area contributed by atoms with Crippen LogP contribution in [0, 0.1) is 13.8 Å². The van der Waals surface area contributed by atoms with Crippen molar-refractivity contribution in [2.24, 2.45) is 0 Å². The Morgan fingerprint density at radius 1 is 1.47 bits per heavy atom. The van der Waals surface area contributed by atoms with Crippen molar-refractivity contribution in [3.8, 4) is 0 Å². The number of hydrogen-bond donors (Lipinski definition) is 0. The number of nitrogens with zero attached hydrogens (tertiary/aromatic N) is 3. The van der Waals surface area contributed by atoms with Crippen LogP contribution in [-0.2, 0) is 9.47 Å². The largest absolute Gasteiger partial charge is 0.382 e. The van der Waals surface area contributed by atoms with Gasteiger partial charge in [0.25, 0.3) is 0 Å². The van der Waals surface area contributed by atoms with Gasteiger partial charge in [-0.2, -0.15) is 0 Å². The van der Waals surface area contributed by atoms with Gasteiger partial charge in [-0.3, -0.25) is 4.98 Å². The molecule has 0 amide bonds. The summed E-state index contributed by atoms with van der Waals surface area (Å²) in [6.45, 7) is 10.4. The van der Waals surface area contributed by atoms with Crippen molar-refractivity contribution in [3.63, 3.8) is 0 Å². The third-order valence-corrected chi connectivity index (χ3v) is 3.18. The number of hydrogen-bond acceptors (Lipinski definition) is 5. The highest BCUT2D eigenvalue weighted by Crippen LogP contribution is 2.26. The minimum absolute atomic E-state index is 0.0652. The maximum atomic E-state index is 6.02. The smallest absolute Gasteiger partial charge is 0.150 e. The summed E-state index contributed by atoms with van der Waals surface area (Å²) in [6, 6.07) is 0. The predicted molar refractivity (Wildman–Crippen MR) is 74.5 cm³/mol. The van der Waals surface area contributed by atoms with E-state index in [9.17, 15) is 0 Å². The molecule has 1 saturated heterocycles. The van der Waals surface area contributed by atoms with Gasteiger partial charge in [0, 0.05) is 26.4 Å². The van der Waals surface area contributed by atoms with E-state index in [0.717, 1.165) is 30.3 Å². The predicted octanol–water partition coefficient (Wildman–Crippen LogP) is 1.72. The molecule has 0 saturated carbocycles. The summed E-state index contributed by atoms with van der Waals surface area (Å²) in [5.41, 5.74) is 1.69. The van der Waals surface area contributed by atoms with Crippen LogP contribution in [0.2, 0.25) is 0 Å². The van der Waals surface area contributed by atoms with Crippen LogP contribution in [0.1, 0.15) is 25.2 Å². The Morgan fingerprint density at radius 3 is 2.89 bits per heavy atom. The van der Waals surface area contributed by atoms with Gasteiger partial charge in [0.1, 0.15) is 0 Å². The highest BCUT2D eigenvalue weighted by molar-refractivity contribution is 5.44. The number of aryl methyl sites for hydroxylation is 2. The highest BCUT2D eigenvalue weighted by atomic mass is 16.5. The lowest BCUT2D eigenvalue weighted by Crippen LogP contribution is -2.54. The molecule has 2 rings (SSSR count). The van der Waals surface area contributed by atoms with Crippen LogP contribution in [0.3, 0.4) is 0 Å². The molecule has 1 aromatic rings. The Bertz CT molecular complexity index is 448. The number of methoxy groups -OCH3 is 1. The molecule has 1 aliphatic rings. The van der Waals surface area contributed by atoms with Gasteiger partial charge < -0.3 is 14.4 Å². The van der Waals surface area contributed by atoms with Gasteiger partial charge in [-0.05, 0) is 27.7 Å². The van der Waals surface area contributed by atoms with E-state index in [1.807, 2.05) is 13.8 Å². The van der Waals surface area contributed by atoms with Crippen molar-refractivity contribution in [2.75, 3.05) is 31.7 Å². The Morgan fingerprint density at radius 2 is 2.21 bits per heavy atom. The first-order valence-electron chi connectivity index (χ1n) is 6.63. The summed E-state index contributed by atoms with van der Waals surface area (Å²) >= 11 is 0. The molecule has 2 heterocycles. The van der Waals surface area contributed by atoms with E-state index >= 15 is 0 Å². The lowest BCUT2D eigenvalue weighted by molar-refractivity contribution is -0.106. The van der Waals surface area contributed by atoms with Gasteiger partial charge in [-0.25, -0.2) is 4.98 Å². The quantitative estimate of drug-likeness (QED) is 0.833. The first-order chi connectivity index (χ1) is 8.91. The second kappa shape index (κ2) is 5.43.